The van der Waals surface area contributed by atoms with Crippen molar-refractivity contribution in [2.75, 3.05) is 6.61 Å². The summed E-state index contributed by atoms with van der Waals surface area (Å²) in [6, 6.07) is 5.28. The maximum Gasteiger partial charge on any atom is 0.255 e. The van der Waals surface area contributed by atoms with Crippen LogP contribution in [0.1, 0.15) is 18.4 Å². The number of nitrogens with two attached hydrogens (primary N) is 1. The molecule has 1 saturated carbocycles. The Kier molecular flexibility index (Phi) is 3.58. The van der Waals surface area contributed by atoms with Crippen molar-refractivity contribution in [3.05, 3.63) is 29.6 Å². The first kappa shape index (κ1) is 11.9. The number of amides is 1. The van der Waals surface area contributed by atoms with Crippen molar-refractivity contribution >= 4 is 5.91 Å². The second kappa shape index (κ2) is 5.14. The molecule has 0 bridgehead atoms. The van der Waals surface area contributed by atoms with E-state index in [1.54, 1.807) is 6.07 Å². The van der Waals surface area contributed by atoms with E-state index in [1.807, 2.05) is 0 Å². The molecule has 0 unspecified atom stereocenters. The molecule has 1 aromatic rings. The van der Waals surface area contributed by atoms with Crippen molar-refractivity contribution in [2.45, 2.75) is 25.4 Å². The molecule has 3 N–H and O–H groups in total. The van der Waals surface area contributed by atoms with Gasteiger partial charge >= 0.3 is 0 Å². The van der Waals surface area contributed by atoms with E-state index in [4.69, 9.17) is 10.5 Å². The van der Waals surface area contributed by atoms with Gasteiger partial charge in [-0.05, 0) is 30.5 Å². The third kappa shape index (κ3) is 3.71. The number of ether oxygens (including phenoxy) is 1. The van der Waals surface area contributed by atoms with Crippen LogP contribution in [0.4, 0.5) is 4.39 Å². The molecule has 0 atom stereocenters. The Bertz CT molecular complexity index is 419. The highest BCUT2D eigenvalue weighted by atomic mass is 19.1. The molecular weight excluding hydrogens is 223 g/mol. The van der Waals surface area contributed by atoms with Gasteiger partial charge in [0.2, 0.25) is 0 Å². The Morgan fingerprint density at radius 1 is 1.53 bits per heavy atom. The van der Waals surface area contributed by atoms with Crippen LogP contribution in [0.25, 0.3) is 0 Å². The Hall–Kier alpha value is -1.62. The lowest BCUT2D eigenvalue weighted by atomic mass is 10.2. The molecule has 4 nitrogen and oxygen atoms in total. The molecule has 0 aliphatic heterocycles. The fourth-order valence-corrected chi connectivity index (χ4v) is 1.47. The molecule has 92 valence electrons. The quantitative estimate of drug-likeness (QED) is 0.775. The minimum Gasteiger partial charge on any atom is -0.481 e. The minimum absolute atomic E-state index is 0.0546. The van der Waals surface area contributed by atoms with Crippen molar-refractivity contribution in [1.82, 2.24) is 5.32 Å². The molecule has 1 aliphatic rings. The fourth-order valence-electron chi connectivity index (χ4n) is 1.47. The molecule has 1 aromatic carbocycles. The lowest BCUT2D eigenvalue weighted by molar-refractivity contribution is -0.120. The third-order valence-electron chi connectivity index (χ3n) is 2.54. The van der Waals surface area contributed by atoms with Gasteiger partial charge in [-0.1, -0.05) is 6.07 Å². The number of carbonyl (C=O) groups excluding carboxylic acids is 1. The van der Waals surface area contributed by atoms with Crippen molar-refractivity contribution in [2.24, 2.45) is 5.73 Å². The summed E-state index contributed by atoms with van der Waals surface area (Å²) in [7, 11) is 0. The molecule has 1 aliphatic carbocycles. The second-order valence-corrected chi connectivity index (χ2v) is 4.17. The molecule has 0 heterocycles. The standard InChI is InChI=1S/C12H15FN2O2/c13-10-5-8(6-15-9-2-3-9)1-4-11(10)17-7-12(14)16/h1,4-5,9,15H,2-3,6-7H2,(H2,14,16). The molecule has 17 heavy (non-hydrogen) atoms. The highest BCUT2D eigenvalue weighted by Gasteiger charge is 2.20. The molecule has 0 spiro atoms. The molecular formula is C12H15FN2O2. The van der Waals surface area contributed by atoms with E-state index in [0.717, 1.165) is 5.56 Å². The monoisotopic (exact) mass is 238 g/mol. The van der Waals surface area contributed by atoms with Crippen LogP contribution < -0.4 is 15.8 Å². The molecule has 0 radical (unpaired) electrons. The topological polar surface area (TPSA) is 64.4 Å². The van der Waals surface area contributed by atoms with Gasteiger partial charge in [0.25, 0.3) is 5.91 Å². The number of nitrogens with one attached hydrogen (secondary N) is 1. The van der Waals surface area contributed by atoms with Crippen LogP contribution in [0.3, 0.4) is 0 Å². The zero-order valence-electron chi connectivity index (χ0n) is 9.41. The average Bonchev–Trinajstić information content (AvgIpc) is 3.08. The van der Waals surface area contributed by atoms with E-state index in [-0.39, 0.29) is 12.4 Å². The number of hydrogen-bond donors (Lipinski definition) is 2. The van der Waals surface area contributed by atoms with E-state index in [2.05, 4.69) is 5.32 Å². The average molecular weight is 238 g/mol. The van der Waals surface area contributed by atoms with Gasteiger partial charge in [-0.2, -0.15) is 0 Å². The van der Waals surface area contributed by atoms with E-state index in [0.29, 0.717) is 12.6 Å². The maximum atomic E-state index is 13.5. The van der Waals surface area contributed by atoms with E-state index < -0.39 is 11.7 Å². The first-order chi connectivity index (χ1) is 8.15. The Labute approximate surface area is 98.9 Å². The summed E-state index contributed by atoms with van der Waals surface area (Å²) >= 11 is 0. The first-order valence-corrected chi connectivity index (χ1v) is 5.58. The summed E-state index contributed by atoms with van der Waals surface area (Å²) in [6.45, 7) is 0.342. The van der Waals surface area contributed by atoms with Gasteiger partial charge in [-0.25, -0.2) is 4.39 Å². The van der Waals surface area contributed by atoms with E-state index in [9.17, 15) is 9.18 Å². The SMILES string of the molecule is NC(=O)COc1ccc(CNC2CC2)cc1F. The molecule has 2 rings (SSSR count). The van der Waals surface area contributed by atoms with Crippen molar-refractivity contribution in [3.63, 3.8) is 0 Å². The summed E-state index contributed by atoms with van der Waals surface area (Å²) in [4.78, 5) is 10.5. The fraction of sp³-hybridized carbons (Fsp3) is 0.417. The summed E-state index contributed by atoms with van der Waals surface area (Å²) in [5, 5.41) is 3.29. The van der Waals surface area contributed by atoms with Crippen LogP contribution >= 0.6 is 0 Å². The predicted molar refractivity (Wildman–Crippen MR) is 61.0 cm³/mol. The lowest BCUT2D eigenvalue weighted by Gasteiger charge is -2.07. The Morgan fingerprint density at radius 2 is 2.29 bits per heavy atom. The Morgan fingerprint density at radius 3 is 2.88 bits per heavy atom. The first-order valence-electron chi connectivity index (χ1n) is 5.58. The van der Waals surface area contributed by atoms with Crippen LogP contribution in [0.15, 0.2) is 18.2 Å². The smallest absolute Gasteiger partial charge is 0.255 e. The van der Waals surface area contributed by atoms with Gasteiger partial charge in [0.05, 0.1) is 0 Å². The number of hydrogen-bond acceptors (Lipinski definition) is 3. The molecule has 0 aromatic heterocycles. The number of rotatable bonds is 6. The molecule has 1 fully saturated rings. The van der Waals surface area contributed by atoms with E-state index >= 15 is 0 Å². The summed E-state index contributed by atoms with van der Waals surface area (Å²) in [5.74, 6) is -1.04. The number of halogens is 1. The van der Waals surface area contributed by atoms with Crippen LogP contribution in [0.2, 0.25) is 0 Å². The van der Waals surface area contributed by atoms with Gasteiger partial charge in [0.1, 0.15) is 0 Å². The van der Waals surface area contributed by atoms with Gasteiger partial charge in [0, 0.05) is 12.6 Å². The summed E-state index contributed by atoms with van der Waals surface area (Å²) in [6.07, 6.45) is 2.39. The Balaban J connectivity index is 1.92. The van der Waals surface area contributed by atoms with Crippen LogP contribution in [0, 0.1) is 5.82 Å². The molecule has 0 saturated heterocycles. The van der Waals surface area contributed by atoms with Gasteiger partial charge in [-0.3, -0.25) is 4.79 Å². The maximum absolute atomic E-state index is 13.5. The lowest BCUT2D eigenvalue weighted by Crippen LogP contribution is -2.20. The molecule has 1 amide bonds. The number of primary amides is 1. The normalized spacial score (nSPS) is 14.6. The zero-order valence-corrected chi connectivity index (χ0v) is 9.41. The van der Waals surface area contributed by atoms with Crippen LogP contribution in [0.5, 0.6) is 5.75 Å². The van der Waals surface area contributed by atoms with Gasteiger partial charge in [0.15, 0.2) is 18.2 Å². The highest BCUT2D eigenvalue weighted by molar-refractivity contribution is 5.75. The van der Waals surface area contributed by atoms with E-state index in [1.165, 1.54) is 25.0 Å². The van der Waals surface area contributed by atoms with Crippen molar-refractivity contribution in [3.8, 4) is 5.75 Å². The second-order valence-electron chi connectivity index (χ2n) is 4.17. The predicted octanol–water partition coefficient (Wildman–Crippen LogP) is 0.942. The zero-order chi connectivity index (χ0) is 12.3. The van der Waals surface area contributed by atoms with Crippen LogP contribution in [-0.2, 0) is 11.3 Å². The third-order valence-corrected chi connectivity index (χ3v) is 2.54. The largest absolute Gasteiger partial charge is 0.481 e. The summed E-state index contributed by atoms with van der Waals surface area (Å²) in [5.41, 5.74) is 5.77. The van der Waals surface area contributed by atoms with Crippen LogP contribution in [-0.4, -0.2) is 18.6 Å². The number of benzene rings is 1. The minimum atomic E-state index is -0.621. The number of carbonyl (C=O) groups is 1. The van der Waals surface area contributed by atoms with Gasteiger partial charge in [-0.15, -0.1) is 0 Å². The van der Waals surface area contributed by atoms with Gasteiger partial charge < -0.3 is 15.8 Å². The molecule has 5 heteroatoms. The van der Waals surface area contributed by atoms with Crippen molar-refractivity contribution < 1.29 is 13.9 Å². The van der Waals surface area contributed by atoms with Crippen molar-refractivity contribution in [1.29, 1.82) is 0 Å². The summed E-state index contributed by atoms with van der Waals surface area (Å²) < 4.78 is 18.5. The highest BCUT2D eigenvalue weighted by Crippen LogP contribution is 2.21.